The number of hydrogen-bond donors (Lipinski definition) is 0. The SMILES string of the molecule is CC(C)(C)c1ccc(-c2cccc(CN(Cc3ccccn3)Cc3ccccn3)n2)cc1. The highest BCUT2D eigenvalue weighted by molar-refractivity contribution is 5.59. The van der Waals surface area contributed by atoms with E-state index in [1.807, 2.05) is 36.7 Å². The molecule has 0 spiro atoms. The van der Waals surface area contributed by atoms with Crippen molar-refractivity contribution in [3.63, 3.8) is 0 Å². The van der Waals surface area contributed by atoms with E-state index in [2.05, 4.69) is 90.2 Å². The van der Waals surface area contributed by atoms with Crippen molar-refractivity contribution >= 4 is 0 Å². The van der Waals surface area contributed by atoms with Gasteiger partial charge in [0.05, 0.1) is 22.8 Å². The summed E-state index contributed by atoms with van der Waals surface area (Å²) >= 11 is 0. The van der Waals surface area contributed by atoms with Gasteiger partial charge < -0.3 is 0 Å². The summed E-state index contributed by atoms with van der Waals surface area (Å²) in [7, 11) is 0. The Bertz CT molecular complexity index is 1080. The van der Waals surface area contributed by atoms with Crippen molar-refractivity contribution in [2.75, 3.05) is 0 Å². The molecule has 0 aliphatic carbocycles. The van der Waals surface area contributed by atoms with Gasteiger partial charge in [-0.1, -0.05) is 63.2 Å². The van der Waals surface area contributed by atoms with Gasteiger partial charge in [0.1, 0.15) is 0 Å². The first-order chi connectivity index (χ1) is 15.5. The maximum Gasteiger partial charge on any atom is 0.0705 e. The predicted molar refractivity (Wildman–Crippen MR) is 130 cm³/mol. The summed E-state index contributed by atoms with van der Waals surface area (Å²) in [5, 5.41) is 0. The smallest absolute Gasteiger partial charge is 0.0705 e. The Labute approximate surface area is 191 Å². The Morgan fingerprint density at radius 1 is 0.625 bits per heavy atom. The number of aromatic nitrogens is 3. The monoisotopic (exact) mass is 422 g/mol. The van der Waals surface area contributed by atoms with Gasteiger partial charge in [0.25, 0.3) is 0 Å². The van der Waals surface area contributed by atoms with Crippen LogP contribution in [0.15, 0.2) is 91.3 Å². The molecule has 0 fully saturated rings. The molecule has 0 amide bonds. The van der Waals surface area contributed by atoms with Crippen molar-refractivity contribution in [1.82, 2.24) is 19.9 Å². The van der Waals surface area contributed by atoms with Crippen molar-refractivity contribution in [1.29, 1.82) is 0 Å². The molecule has 0 aliphatic rings. The Morgan fingerprint density at radius 3 is 1.72 bits per heavy atom. The highest BCUT2D eigenvalue weighted by Crippen LogP contribution is 2.25. The summed E-state index contributed by atoms with van der Waals surface area (Å²) < 4.78 is 0. The van der Waals surface area contributed by atoms with E-state index in [4.69, 9.17) is 4.98 Å². The minimum atomic E-state index is 0.144. The summed E-state index contributed by atoms with van der Waals surface area (Å²) in [5.41, 5.74) is 6.73. The van der Waals surface area contributed by atoms with Crippen molar-refractivity contribution in [3.8, 4) is 11.3 Å². The number of rotatable bonds is 7. The van der Waals surface area contributed by atoms with E-state index in [0.717, 1.165) is 48.0 Å². The van der Waals surface area contributed by atoms with E-state index in [1.165, 1.54) is 5.56 Å². The van der Waals surface area contributed by atoms with Crippen molar-refractivity contribution in [2.45, 2.75) is 45.8 Å². The molecule has 3 heterocycles. The third-order valence-corrected chi connectivity index (χ3v) is 5.46. The first-order valence-electron chi connectivity index (χ1n) is 11.1. The van der Waals surface area contributed by atoms with Crippen LogP contribution in [0.4, 0.5) is 0 Å². The van der Waals surface area contributed by atoms with Gasteiger partial charge in [0.2, 0.25) is 0 Å². The molecule has 3 aromatic heterocycles. The molecule has 1 aromatic carbocycles. The maximum absolute atomic E-state index is 4.98. The molecule has 32 heavy (non-hydrogen) atoms. The summed E-state index contributed by atoms with van der Waals surface area (Å²) in [5.74, 6) is 0. The van der Waals surface area contributed by atoms with Gasteiger partial charge in [-0.05, 0) is 47.4 Å². The van der Waals surface area contributed by atoms with Gasteiger partial charge in [-0.25, -0.2) is 0 Å². The second kappa shape index (κ2) is 9.84. The van der Waals surface area contributed by atoms with Crippen LogP contribution in [0.1, 0.15) is 43.4 Å². The second-order valence-corrected chi connectivity index (χ2v) is 9.13. The van der Waals surface area contributed by atoms with E-state index in [-0.39, 0.29) is 5.41 Å². The average Bonchev–Trinajstić information content (AvgIpc) is 2.80. The lowest BCUT2D eigenvalue weighted by atomic mass is 9.86. The van der Waals surface area contributed by atoms with Gasteiger partial charge in [0, 0.05) is 37.6 Å². The minimum absolute atomic E-state index is 0.144. The lowest BCUT2D eigenvalue weighted by molar-refractivity contribution is 0.239. The number of nitrogens with zero attached hydrogens (tertiary/aromatic N) is 4. The highest BCUT2D eigenvalue weighted by atomic mass is 15.1. The number of benzene rings is 1. The molecule has 0 bridgehead atoms. The molecule has 0 unspecified atom stereocenters. The molecule has 0 N–H and O–H groups in total. The molecule has 4 heteroatoms. The topological polar surface area (TPSA) is 41.9 Å². The van der Waals surface area contributed by atoms with Crippen LogP contribution in [0, 0.1) is 0 Å². The highest BCUT2D eigenvalue weighted by Gasteiger charge is 2.14. The predicted octanol–water partition coefficient (Wildman–Crippen LogP) is 6.04. The van der Waals surface area contributed by atoms with Crippen molar-refractivity contribution < 1.29 is 0 Å². The molecule has 0 aliphatic heterocycles. The Kier molecular flexibility index (Phi) is 6.72. The molecule has 0 radical (unpaired) electrons. The van der Waals surface area contributed by atoms with Gasteiger partial charge in [0.15, 0.2) is 0 Å². The minimum Gasteiger partial charge on any atom is -0.286 e. The summed E-state index contributed by atoms with van der Waals surface area (Å²) in [6, 6.07) is 27.1. The summed E-state index contributed by atoms with van der Waals surface area (Å²) in [4.78, 5) is 16.3. The van der Waals surface area contributed by atoms with E-state index in [9.17, 15) is 0 Å². The first kappa shape index (κ1) is 21.8. The fourth-order valence-corrected chi connectivity index (χ4v) is 3.71. The normalized spacial score (nSPS) is 11.6. The molecule has 0 saturated carbocycles. The van der Waals surface area contributed by atoms with Crippen LogP contribution < -0.4 is 0 Å². The van der Waals surface area contributed by atoms with Crippen LogP contribution >= 0.6 is 0 Å². The van der Waals surface area contributed by atoms with Gasteiger partial charge >= 0.3 is 0 Å². The quantitative estimate of drug-likeness (QED) is 0.364. The van der Waals surface area contributed by atoms with Gasteiger partial charge in [-0.2, -0.15) is 0 Å². The largest absolute Gasteiger partial charge is 0.286 e. The van der Waals surface area contributed by atoms with Crippen LogP contribution in [0.3, 0.4) is 0 Å². The van der Waals surface area contributed by atoms with Crippen LogP contribution in [0.25, 0.3) is 11.3 Å². The van der Waals surface area contributed by atoms with E-state index in [1.54, 1.807) is 0 Å². The zero-order chi connectivity index (χ0) is 22.4. The Morgan fingerprint density at radius 2 is 1.19 bits per heavy atom. The second-order valence-electron chi connectivity index (χ2n) is 9.13. The Balaban J connectivity index is 1.55. The van der Waals surface area contributed by atoms with Crippen molar-refractivity contribution in [2.24, 2.45) is 0 Å². The average molecular weight is 423 g/mol. The third kappa shape index (κ3) is 5.86. The number of hydrogen-bond acceptors (Lipinski definition) is 4. The molecule has 4 aromatic rings. The molecule has 4 nitrogen and oxygen atoms in total. The van der Waals surface area contributed by atoms with Crippen LogP contribution in [-0.4, -0.2) is 19.9 Å². The molecular weight excluding hydrogens is 392 g/mol. The maximum atomic E-state index is 4.98. The molecule has 4 rings (SSSR count). The lowest BCUT2D eigenvalue weighted by Crippen LogP contribution is -2.24. The number of pyridine rings is 3. The van der Waals surface area contributed by atoms with Gasteiger partial charge in [-0.15, -0.1) is 0 Å². The summed E-state index contributed by atoms with van der Waals surface area (Å²) in [6.07, 6.45) is 3.68. The Hall–Kier alpha value is -3.37. The zero-order valence-corrected chi connectivity index (χ0v) is 19.1. The zero-order valence-electron chi connectivity index (χ0n) is 19.1. The van der Waals surface area contributed by atoms with E-state index in [0.29, 0.717) is 0 Å². The lowest BCUT2D eigenvalue weighted by Gasteiger charge is -2.22. The van der Waals surface area contributed by atoms with E-state index < -0.39 is 0 Å². The van der Waals surface area contributed by atoms with Crippen LogP contribution in [-0.2, 0) is 25.0 Å². The van der Waals surface area contributed by atoms with Crippen molar-refractivity contribution in [3.05, 3.63) is 114 Å². The standard InChI is InChI=1S/C28H30N4/c1-28(2,3)23-15-13-22(14-16-23)27-12-8-11-26(31-27)21-32(19-24-9-4-6-17-29-24)20-25-10-5-7-18-30-25/h4-18H,19-21H2,1-3H3. The molecule has 0 atom stereocenters. The first-order valence-corrected chi connectivity index (χ1v) is 11.1. The van der Waals surface area contributed by atoms with Gasteiger partial charge in [-0.3, -0.25) is 19.9 Å². The molecule has 162 valence electrons. The summed E-state index contributed by atoms with van der Waals surface area (Å²) in [6.45, 7) is 8.91. The fourth-order valence-electron chi connectivity index (χ4n) is 3.71. The molecular formula is C28H30N4. The van der Waals surface area contributed by atoms with Crippen LogP contribution in [0.2, 0.25) is 0 Å². The fraction of sp³-hybridized carbons (Fsp3) is 0.250. The van der Waals surface area contributed by atoms with Crippen LogP contribution in [0.5, 0.6) is 0 Å². The third-order valence-electron chi connectivity index (χ3n) is 5.46. The molecule has 0 saturated heterocycles. The van der Waals surface area contributed by atoms with E-state index >= 15 is 0 Å².